The molecule has 0 saturated carbocycles. The van der Waals surface area contributed by atoms with Gasteiger partial charge in [-0.25, -0.2) is 0 Å². The van der Waals surface area contributed by atoms with Crippen molar-refractivity contribution in [3.63, 3.8) is 0 Å². The second-order valence-corrected chi connectivity index (χ2v) is 5.60. The molecule has 0 radical (unpaired) electrons. The molecular weight excluding hydrogens is 292 g/mol. The van der Waals surface area contributed by atoms with Crippen LogP contribution < -0.4 is 0 Å². The molecule has 18 heavy (non-hydrogen) atoms. The smallest absolute Gasteiger partial charge is 0.270 e. The van der Waals surface area contributed by atoms with Crippen LogP contribution in [0.3, 0.4) is 0 Å². The van der Waals surface area contributed by atoms with Gasteiger partial charge in [0.05, 0.1) is 0 Å². The Hall–Kier alpha value is -0.770. The minimum Gasteiger partial charge on any atom is -0.343 e. The standard InChI is InChI=1S/C14H23BrN2O/c1-5-11(4)9-17(7-3)14(18)13-8-12(15)10-16(13)6-2/h8,10-11H,5-7,9H2,1-4H3. The van der Waals surface area contributed by atoms with Gasteiger partial charge in [-0.05, 0) is 41.8 Å². The number of nitrogens with zero attached hydrogens (tertiary/aromatic N) is 2. The molecule has 0 aliphatic carbocycles. The van der Waals surface area contributed by atoms with Crippen LogP contribution in [-0.4, -0.2) is 28.5 Å². The zero-order chi connectivity index (χ0) is 13.7. The highest BCUT2D eigenvalue weighted by molar-refractivity contribution is 9.10. The van der Waals surface area contributed by atoms with Crippen molar-refractivity contribution >= 4 is 21.8 Å². The van der Waals surface area contributed by atoms with Crippen molar-refractivity contribution in [2.45, 2.75) is 40.7 Å². The average molecular weight is 315 g/mol. The van der Waals surface area contributed by atoms with Crippen LogP contribution in [0.15, 0.2) is 16.7 Å². The van der Waals surface area contributed by atoms with Gasteiger partial charge in [0, 0.05) is 30.3 Å². The number of rotatable bonds is 6. The first kappa shape index (κ1) is 15.3. The number of hydrogen-bond acceptors (Lipinski definition) is 1. The Labute approximate surface area is 118 Å². The minimum atomic E-state index is 0.130. The fourth-order valence-electron chi connectivity index (χ4n) is 1.94. The van der Waals surface area contributed by atoms with Crippen molar-refractivity contribution in [3.05, 3.63) is 22.4 Å². The SMILES string of the molecule is CCC(C)CN(CC)C(=O)c1cc(Br)cn1CC. The van der Waals surface area contributed by atoms with Crippen LogP contribution in [-0.2, 0) is 6.54 Å². The summed E-state index contributed by atoms with van der Waals surface area (Å²) in [5.74, 6) is 0.674. The van der Waals surface area contributed by atoms with Crippen LogP contribution >= 0.6 is 15.9 Å². The van der Waals surface area contributed by atoms with E-state index in [0.717, 1.165) is 36.2 Å². The number of aromatic nitrogens is 1. The highest BCUT2D eigenvalue weighted by Gasteiger charge is 2.19. The zero-order valence-electron chi connectivity index (χ0n) is 11.7. The number of amides is 1. The molecule has 1 aromatic heterocycles. The van der Waals surface area contributed by atoms with E-state index >= 15 is 0 Å². The van der Waals surface area contributed by atoms with Crippen molar-refractivity contribution in [2.75, 3.05) is 13.1 Å². The molecule has 0 aromatic carbocycles. The summed E-state index contributed by atoms with van der Waals surface area (Å²) in [4.78, 5) is 14.4. The first-order valence-corrected chi connectivity index (χ1v) is 7.47. The molecule has 0 bridgehead atoms. The highest BCUT2D eigenvalue weighted by Crippen LogP contribution is 2.17. The number of hydrogen-bond donors (Lipinski definition) is 0. The van der Waals surface area contributed by atoms with Gasteiger partial charge in [-0.15, -0.1) is 0 Å². The first-order chi connectivity index (χ1) is 8.53. The number of aryl methyl sites for hydroxylation is 1. The molecule has 0 N–H and O–H groups in total. The molecule has 0 fully saturated rings. The van der Waals surface area contributed by atoms with E-state index in [1.54, 1.807) is 0 Å². The van der Waals surface area contributed by atoms with Crippen LogP contribution in [0.25, 0.3) is 0 Å². The third-order valence-corrected chi connectivity index (χ3v) is 3.75. The summed E-state index contributed by atoms with van der Waals surface area (Å²) < 4.78 is 2.96. The minimum absolute atomic E-state index is 0.130. The van der Waals surface area contributed by atoms with E-state index < -0.39 is 0 Å². The van der Waals surface area contributed by atoms with E-state index in [1.807, 2.05) is 35.6 Å². The van der Waals surface area contributed by atoms with Crippen LogP contribution in [0, 0.1) is 5.92 Å². The monoisotopic (exact) mass is 314 g/mol. The molecule has 0 spiro atoms. The molecule has 1 unspecified atom stereocenters. The van der Waals surface area contributed by atoms with Gasteiger partial charge in [0.25, 0.3) is 5.91 Å². The van der Waals surface area contributed by atoms with Gasteiger partial charge in [-0.2, -0.15) is 0 Å². The van der Waals surface area contributed by atoms with Gasteiger partial charge in [0.15, 0.2) is 0 Å². The Morgan fingerprint density at radius 1 is 1.44 bits per heavy atom. The van der Waals surface area contributed by atoms with Gasteiger partial charge in [0.1, 0.15) is 5.69 Å². The molecule has 1 atom stereocenters. The van der Waals surface area contributed by atoms with Gasteiger partial charge in [0.2, 0.25) is 0 Å². The molecule has 1 rings (SSSR count). The zero-order valence-corrected chi connectivity index (χ0v) is 13.3. The second-order valence-electron chi connectivity index (χ2n) is 4.69. The third kappa shape index (κ3) is 3.61. The maximum atomic E-state index is 12.5. The summed E-state index contributed by atoms with van der Waals surface area (Å²) in [6.07, 6.45) is 3.06. The van der Waals surface area contributed by atoms with Crippen LogP contribution in [0.1, 0.15) is 44.6 Å². The largest absolute Gasteiger partial charge is 0.343 e. The Morgan fingerprint density at radius 3 is 2.61 bits per heavy atom. The maximum Gasteiger partial charge on any atom is 0.270 e. The summed E-state index contributed by atoms with van der Waals surface area (Å²) in [5.41, 5.74) is 0.773. The van der Waals surface area contributed by atoms with Crippen LogP contribution in [0.5, 0.6) is 0 Å². The van der Waals surface area contributed by atoms with E-state index in [4.69, 9.17) is 0 Å². The lowest BCUT2D eigenvalue weighted by atomic mass is 10.1. The number of carbonyl (C=O) groups is 1. The lowest BCUT2D eigenvalue weighted by Crippen LogP contribution is -2.35. The van der Waals surface area contributed by atoms with Crippen LogP contribution in [0.2, 0.25) is 0 Å². The Bertz CT molecular complexity index is 400. The lowest BCUT2D eigenvalue weighted by molar-refractivity contribution is 0.0730. The van der Waals surface area contributed by atoms with Crippen molar-refractivity contribution in [1.82, 2.24) is 9.47 Å². The molecular formula is C14H23BrN2O. The van der Waals surface area contributed by atoms with Crippen molar-refractivity contribution < 1.29 is 4.79 Å². The Morgan fingerprint density at radius 2 is 2.11 bits per heavy atom. The Balaban J connectivity index is 2.89. The maximum absolute atomic E-state index is 12.5. The summed E-state index contributed by atoms with van der Waals surface area (Å²) in [6.45, 7) is 10.8. The molecule has 3 nitrogen and oxygen atoms in total. The van der Waals surface area contributed by atoms with Crippen molar-refractivity contribution in [1.29, 1.82) is 0 Å². The second kappa shape index (κ2) is 6.98. The first-order valence-electron chi connectivity index (χ1n) is 6.68. The van der Waals surface area contributed by atoms with Gasteiger partial charge >= 0.3 is 0 Å². The van der Waals surface area contributed by atoms with Gasteiger partial charge < -0.3 is 9.47 Å². The summed E-state index contributed by atoms with van der Waals surface area (Å²) in [7, 11) is 0. The quantitative estimate of drug-likeness (QED) is 0.784. The van der Waals surface area contributed by atoms with Crippen molar-refractivity contribution in [2.24, 2.45) is 5.92 Å². The molecule has 1 aromatic rings. The summed E-state index contributed by atoms with van der Waals surface area (Å²) >= 11 is 3.44. The fraction of sp³-hybridized carbons (Fsp3) is 0.643. The Kier molecular flexibility index (Phi) is 5.93. The average Bonchev–Trinajstić information content (AvgIpc) is 2.75. The normalized spacial score (nSPS) is 12.5. The molecule has 102 valence electrons. The molecule has 0 saturated heterocycles. The predicted octanol–water partition coefficient (Wildman–Crippen LogP) is 3.78. The highest BCUT2D eigenvalue weighted by atomic mass is 79.9. The fourth-order valence-corrected chi connectivity index (χ4v) is 2.40. The number of carbonyl (C=O) groups excluding carboxylic acids is 1. The lowest BCUT2D eigenvalue weighted by Gasteiger charge is -2.24. The van der Waals surface area contributed by atoms with E-state index in [2.05, 4.69) is 29.8 Å². The van der Waals surface area contributed by atoms with Gasteiger partial charge in [-0.1, -0.05) is 20.3 Å². The summed E-state index contributed by atoms with van der Waals surface area (Å²) in [5, 5.41) is 0. The van der Waals surface area contributed by atoms with Gasteiger partial charge in [-0.3, -0.25) is 4.79 Å². The van der Waals surface area contributed by atoms with E-state index in [-0.39, 0.29) is 5.91 Å². The number of halogens is 1. The topological polar surface area (TPSA) is 25.2 Å². The van der Waals surface area contributed by atoms with Crippen LogP contribution in [0.4, 0.5) is 0 Å². The summed E-state index contributed by atoms with van der Waals surface area (Å²) in [6, 6.07) is 1.91. The predicted molar refractivity (Wildman–Crippen MR) is 78.8 cm³/mol. The van der Waals surface area contributed by atoms with E-state index in [9.17, 15) is 4.79 Å². The molecule has 1 heterocycles. The van der Waals surface area contributed by atoms with E-state index in [0.29, 0.717) is 5.92 Å². The molecule has 0 aliphatic rings. The molecule has 0 aliphatic heterocycles. The molecule has 1 amide bonds. The van der Waals surface area contributed by atoms with E-state index in [1.165, 1.54) is 0 Å². The van der Waals surface area contributed by atoms with Crippen molar-refractivity contribution in [3.8, 4) is 0 Å². The third-order valence-electron chi connectivity index (χ3n) is 3.32. The molecule has 4 heteroatoms.